The second-order valence-electron chi connectivity index (χ2n) is 6.59. The van der Waals surface area contributed by atoms with Gasteiger partial charge in [-0.2, -0.15) is 5.26 Å². The summed E-state index contributed by atoms with van der Waals surface area (Å²) in [6.45, 7) is 4.16. The molecule has 5 nitrogen and oxygen atoms in total. The smallest absolute Gasteiger partial charge is 0.234 e. The molecule has 130 valence electrons. The predicted molar refractivity (Wildman–Crippen MR) is 97.1 cm³/mol. The summed E-state index contributed by atoms with van der Waals surface area (Å²) >= 11 is 12.2. The number of piperazine rings is 1. The van der Waals surface area contributed by atoms with Gasteiger partial charge in [-0.3, -0.25) is 4.90 Å². The van der Waals surface area contributed by atoms with Crippen LogP contribution in [0, 0.1) is 11.3 Å². The normalized spacial score (nSPS) is 18.4. The molecule has 0 unspecified atom stereocenters. The van der Waals surface area contributed by atoms with Crippen LogP contribution in [-0.4, -0.2) is 36.1 Å². The Morgan fingerprint density at radius 1 is 1.20 bits per heavy atom. The quantitative estimate of drug-likeness (QED) is 0.805. The third-order valence-electron chi connectivity index (χ3n) is 4.73. The molecule has 0 spiro atoms. The van der Waals surface area contributed by atoms with E-state index in [-0.39, 0.29) is 0 Å². The van der Waals surface area contributed by atoms with E-state index in [4.69, 9.17) is 27.6 Å². The molecule has 1 aromatic carbocycles. The molecule has 2 aliphatic rings. The topological polar surface area (TPSA) is 56.3 Å². The highest BCUT2D eigenvalue weighted by atomic mass is 35.5. The second kappa shape index (κ2) is 6.87. The first-order valence-corrected chi connectivity index (χ1v) is 9.21. The Hall–Kier alpha value is -1.74. The molecule has 1 saturated heterocycles. The Bertz CT molecular complexity index is 817. The van der Waals surface area contributed by atoms with E-state index in [9.17, 15) is 5.26 Å². The minimum atomic E-state index is 0.411. The summed E-state index contributed by atoms with van der Waals surface area (Å²) in [5.74, 6) is 1.77. The Labute approximate surface area is 156 Å². The summed E-state index contributed by atoms with van der Waals surface area (Å²) in [6, 6.07) is 7.79. The molecule has 0 bridgehead atoms. The molecule has 0 N–H and O–H groups in total. The Kier molecular flexibility index (Phi) is 4.60. The van der Waals surface area contributed by atoms with Crippen LogP contribution >= 0.6 is 23.2 Å². The molecule has 1 aliphatic heterocycles. The number of hydrogen-bond acceptors (Lipinski definition) is 5. The van der Waals surface area contributed by atoms with Gasteiger partial charge in [0, 0.05) is 48.7 Å². The molecule has 1 aromatic heterocycles. The van der Waals surface area contributed by atoms with E-state index in [1.54, 1.807) is 6.07 Å². The van der Waals surface area contributed by atoms with Crippen LogP contribution in [0.1, 0.15) is 35.9 Å². The van der Waals surface area contributed by atoms with Crippen molar-refractivity contribution in [3.8, 4) is 6.07 Å². The maximum Gasteiger partial charge on any atom is 0.234 e. The van der Waals surface area contributed by atoms with Crippen molar-refractivity contribution >= 4 is 29.1 Å². The Morgan fingerprint density at radius 2 is 1.96 bits per heavy atom. The molecule has 2 fully saturated rings. The minimum absolute atomic E-state index is 0.411. The van der Waals surface area contributed by atoms with Gasteiger partial charge in [-0.15, -0.1) is 0 Å². The Balaban J connectivity index is 1.40. The number of oxazole rings is 1. The average molecular weight is 377 g/mol. The first-order chi connectivity index (χ1) is 12.1. The van der Waals surface area contributed by atoms with Gasteiger partial charge >= 0.3 is 0 Å². The van der Waals surface area contributed by atoms with Crippen LogP contribution in [0.15, 0.2) is 22.6 Å². The van der Waals surface area contributed by atoms with Crippen LogP contribution in [0.4, 0.5) is 5.88 Å². The van der Waals surface area contributed by atoms with Crippen molar-refractivity contribution in [3.63, 3.8) is 0 Å². The third kappa shape index (κ3) is 3.62. The van der Waals surface area contributed by atoms with E-state index in [1.807, 2.05) is 12.1 Å². The highest BCUT2D eigenvalue weighted by molar-refractivity contribution is 6.35. The monoisotopic (exact) mass is 376 g/mol. The van der Waals surface area contributed by atoms with Gasteiger partial charge in [-0.25, -0.2) is 4.98 Å². The summed E-state index contributed by atoms with van der Waals surface area (Å²) in [4.78, 5) is 8.83. The van der Waals surface area contributed by atoms with E-state index >= 15 is 0 Å². The molecule has 2 heterocycles. The van der Waals surface area contributed by atoms with Crippen LogP contribution in [0.25, 0.3) is 0 Å². The molecule has 0 atom stereocenters. The largest absolute Gasteiger partial charge is 0.423 e. The number of halogens is 2. The molecular weight excluding hydrogens is 359 g/mol. The highest BCUT2D eigenvalue weighted by Crippen LogP contribution is 2.41. The zero-order valence-electron chi connectivity index (χ0n) is 13.7. The molecule has 7 heteroatoms. The van der Waals surface area contributed by atoms with Crippen LogP contribution in [0.2, 0.25) is 10.0 Å². The lowest BCUT2D eigenvalue weighted by atomic mass is 10.2. The van der Waals surface area contributed by atoms with Crippen LogP contribution in [0.3, 0.4) is 0 Å². The van der Waals surface area contributed by atoms with E-state index in [1.165, 1.54) is 0 Å². The van der Waals surface area contributed by atoms with Crippen LogP contribution in [-0.2, 0) is 6.54 Å². The van der Waals surface area contributed by atoms with Gasteiger partial charge < -0.3 is 9.32 Å². The molecule has 4 rings (SSSR count). The number of benzene rings is 1. The van der Waals surface area contributed by atoms with Crippen molar-refractivity contribution in [1.82, 2.24) is 9.88 Å². The number of nitrogens with zero attached hydrogens (tertiary/aromatic N) is 4. The van der Waals surface area contributed by atoms with Crippen molar-refractivity contribution in [2.24, 2.45) is 0 Å². The Morgan fingerprint density at radius 3 is 2.60 bits per heavy atom. The van der Waals surface area contributed by atoms with Gasteiger partial charge in [-0.1, -0.05) is 29.3 Å². The number of nitriles is 1. The number of hydrogen-bond donors (Lipinski definition) is 0. The zero-order valence-corrected chi connectivity index (χ0v) is 15.2. The molecule has 0 radical (unpaired) electrons. The van der Waals surface area contributed by atoms with E-state index < -0.39 is 0 Å². The molecular formula is C18H18Cl2N4O. The summed E-state index contributed by atoms with van der Waals surface area (Å²) in [6.07, 6.45) is 2.22. The lowest BCUT2D eigenvalue weighted by Gasteiger charge is -2.34. The maximum atomic E-state index is 9.33. The summed E-state index contributed by atoms with van der Waals surface area (Å²) < 4.78 is 5.89. The van der Waals surface area contributed by atoms with Crippen LogP contribution < -0.4 is 4.90 Å². The first-order valence-electron chi connectivity index (χ1n) is 8.46. The van der Waals surface area contributed by atoms with Gasteiger partial charge in [0.05, 0.1) is 0 Å². The fourth-order valence-corrected chi connectivity index (χ4v) is 3.59. The number of aromatic nitrogens is 1. The van der Waals surface area contributed by atoms with Gasteiger partial charge in [-0.05, 0) is 30.5 Å². The van der Waals surface area contributed by atoms with Crippen molar-refractivity contribution in [1.29, 1.82) is 5.26 Å². The van der Waals surface area contributed by atoms with Gasteiger partial charge in [0.15, 0.2) is 0 Å². The standard InChI is InChI=1S/C18H18Cl2N4O/c19-14-4-3-13(15(20)9-14)11-23-5-7-24(8-6-23)18-16(10-21)22-17(25-18)12-1-2-12/h3-4,9,12H,1-2,5-8,11H2. The van der Waals surface area contributed by atoms with E-state index in [0.717, 1.165) is 57.0 Å². The molecule has 25 heavy (non-hydrogen) atoms. The predicted octanol–water partition coefficient (Wildman–Crippen LogP) is 4.05. The molecule has 2 aromatic rings. The van der Waals surface area contributed by atoms with E-state index in [2.05, 4.69) is 20.9 Å². The lowest BCUT2D eigenvalue weighted by molar-refractivity contribution is 0.245. The third-order valence-corrected chi connectivity index (χ3v) is 5.31. The summed E-state index contributed by atoms with van der Waals surface area (Å²) in [5, 5.41) is 10.7. The maximum absolute atomic E-state index is 9.33. The SMILES string of the molecule is N#Cc1nc(C2CC2)oc1N1CCN(Cc2ccc(Cl)cc2Cl)CC1. The summed E-state index contributed by atoms with van der Waals surface area (Å²) in [7, 11) is 0. The molecule has 1 saturated carbocycles. The lowest BCUT2D eigenvalue weighted by Crippen LogP contribution is -2.46. The van der Waals surface area contributed by atoms with Gasteiger partial charge in [0.1, 0.15) is 6.07 Å². The van der Waals surface area contributed by atoms with Crippen molar-refractivity contribution in [2.45, 2.75) is 25.3 Å². The number of anilines is 1. The summed E-state index contributed by atoms with van der Waals surface area (Å²) in [5.41, 5.74) is 1.49. The van der Waals surface area contributed by atoms with Crippen molar-refractivity contribution in [2.75, 3.05) is 31.1 Å². The minimum Gasteiger partial charge on any atom is -0.423 e. The first kappa shape index (κ1) is 16.7. The van der Waals surface area contributed by atoms with Gasteiger partial charge in [0.2, 0.25) is 17.5 Å². The fourth-order valence-electron chi connectivity index (χ4n) is 3.12. The highest BCUT2D eigenvalue weighted by Gasteiger charge is 2.32. The zero-order chi connectivity index (χ0) is 17.4. The van der Waals surface area contributed by atoms with Crippen LogP contribution in [0.5, 0.6) is 0 Å². The fraction of sp³-hybridized carbons (Fsp3) is 0.444. The van der Waals surface area contributed by atoms with Gasteiger partial charge in [0.25, 0.3) is 0 Å². The molecule has 1 aliphatic carbocycles. The average Bonchev–Trinajstić information content (AvgIpc) is 3.37. The van der Waals surface area contributed by atoms with Crippen molar-refractivity contribution < 1.29 is 4.42 Å². The van der Waals surface area contributed by atoms with E-state index in [0.29, 0.717) is 27.5 Å². The number of rotatable bonds is 4. The van der Waals surface area contributed by atoms with Crippen molar-refractivity contribution in [3.05, 3.63) is 45.4 Å². The molecule has 0 amide bonds. The second-order valence-corrected chi connectivity index (χ2v) is 7.43.